The van der Waals surface area contributed by atoms with Crippen LogP contribution in [0.15, 0.2) is 18.2 Å². The van der Waals surface area contributed by atoms with Gasteiger partial charge in [0.15, 0.2) is 11.5 Å². The van der Waals surface area contributed by atoms with Gasteiger partial charge in [-0.25, -0.2) is 4.98 Å². The Labute approximate surface area is 176 Å². The molecule has 0 saturated carbocycles. The summed E-state index contributed by atoms with van der Waals surface area (Å²) in [4.78, 5) is 30.6. The Kier molecular flexibility index (Phi) is 5.90. The van der Waals surface area contributed by atoms with Crippen LogP contribution in [-0.4, -0.2) is 31.0 Å². The van der Waals surface area contributed by atoms with Crippen molar-refractivity contribution in [2.45, 2.75) is 20.8 Å². The number of rotatable bonds is 6. The molecule has 3 aromatic rings. The minimum atomic E-state index is -0.561. The minimum absolute atomic E-state index is 0.324. The molecule has 0 radical (unpaired) electrons. The van der Waals surface area contributed by atoms with Crippen molar-refractivity contribution in [1.82, 2.24) is 4.98 Å². The Hall–Kier alpha value is -2.91. The van der Waals surface area contributed by atoms with Crippen molar-refractivity contribution in [2.24, 2.45) is 5.73 Å². The predicted octanol–water partition coefficient (Wildman–Crippen LogP) is 4.17. The summed E-state index contributed by atoms with van der Waals surface area (Å²) in [6.45, 7) is 5.47. The highest BCUT2D eigenvalue weighted by atomic mass is 32.1. The maximum Gasteiger partial charge on any atom is 0.268 e. The van der Waals surface area contributed by atoms with Gasteiger partial charge in [0.2, 0.25) is 0 Å². The molecule has 0 saturated heterocycles. The highest BCUT2D eigenvalue weighted by molar-refractivity contribution is 7.18. The van der Waals surface area contributed by atoms with E-state index in [1.54, 1.807) is 27.2 Å². The minimum Gasteiger partial charge on any atom is -0.493 e. The van der Waals surface area contributed by atoms with Gasteiger partial charge in [-0.15, -0.1) is 22.7 Å². The molecule has 0 spiro atoms. The van der Waals surface area contributed by atoms with E-state index in [9.17, 15) is 9.59 Å². The Balaban J connectivity index is 1.92. The van der Waals surface area contributed by atoms with Gasteiger partial charge in [0.25, 0.3) is 11.8 Å². The molecular weight excluding hydrogens is 410 g/mol. The number of methoxy groups -OCH3 is 2. The van der Waals surface area contributed by atoms with Gasteiger partial charge >= 0.3 is 0 Å². The fraction of sp³-hybridized carbons (Fsp3) is 0.250. The molecule has 1 aromatic carbocycles. The molecule has 0 atom stereocenters. The molecule has 0 aliphatic heterocycles. The van der Waals surface area contributed by atoms with E-state index in [1.807, 2.05) is 26.0 Å². The maximum absolute atomic E-state index is 12.9. The lowest BCUT2D eigenvalue weighted by Gasteiger charge is -2.08. The van der Waals surface area contributed by atoms with E-state index in [1.165, 1.54) is 22.7 Å². The van der Waals surface area contributed by atoms with Crippen LogP contribution in [0.1, 0.15) is 36.2 Å². The van der Waals surface area contributed by atoms with Crippen LogP contribution in [0.3, 0.4) is 0 Å². The average molecular weight is 432 g/mol. The van der Waals surface area contributed by atoms with Gasteiger partial charge in [-0.05, 0) is 44.5 Å². The van der Waals surface area contributed by atoms with Crippen LogP contribution in [0.2, 0.25) is 0 Å². The third kappa shape index (κ3) is 3.96. The third-order valence-corrected chi connectivity index (χ3v) is 6.82. The molecule has 2 heterocycles. The molecular formula is C20H21N3O4S2. The molecule has 152 valence electrons. The first-order valence-corrected chi connectivity index (χ1v) is 10.3. The molecule has 0 aliphatic carbocycles. The van der Waals surface area contributed by atoms with Gasteiger partial charge in [-0.3, -0.25) is 9.59 Å². The van der Waals surface area contributed by atoms with Crippen molar-refractivity contribution < 1.29 is 19.1 Å². The van der Waals surface area contributed by atoms with Crippen molar-refractivity contribution in [3.8, 4) is 22.1 Å². The van der Waals surface area contributed by atoms with Gasteiger partial charge in [0.1, 0.15) is 14.9 Å². The number of benzene rings is 1. The van der Waals surface area contributed by atoms with Crippen molar-refractivity contribution >= 4 is 39.5 Å². The number of hydrogen-bond donors (Lipinski definition) is 2. The second-order valence-corrected chi connectivity index (χ2v) is 8.53. The van der Waals surface area contributed by atoms with Crippen molar-refractivity contribution in [3.05, 3.63) is 44.8 Å². The van der Waals surface area contributed by atoms with Crippen molar-refractivity contribution in [2.75, 3.05) is 19.5 Å². The van der Waals surface area contributed by atoms with E-state index in [-0.39, 0.29) is 5.91 Å². The number of nitrogens with two attached hydrogens (primary N) is 1. The summed E-state index contributed by atoms with van der Waals surface area (Å²) in [5.41, 5.74) is 8.04. The Morgan fingerprint density at radius 3 is 2.38 bits per heavy atom. The number of anilines is 1. The summed E-state index contributed by atoms with van der Waals surface area (Å²) in [6.07, 6.45) is 0. The quantitative estimate of drug-likeness (QED) is 0.610. The molecule has 3 rings (SSSR count). The van der Waals surface area contributed by atoms with E-state index in [2.05, 4.69) is 10.3 Å². The highest BCUT2D eigenvalue weighted by Crippen LogP contribution is 2.36. The number of thiazole rings is 1. The molecule has 7 nitrogen and oxygen atoms in total. The maximum atomic E-state index is 12.9. The van der Waals surface area contributed by atoms with Crippen LogP contribution in [0.5, 0.6) is 11.5 Å². The molecule has 0 bridgehead atoms. The molecule has 3 N–H and O–H groups in total. The summed E-state index contributed by atoms with van der Waals surface area (Å²) in [7, 11) is 3.14. The second-order valence-electron chi connectivity index (χ2n) is 6.31. The largest absolute Gasteiger partial charge is 0.493 e. The van der Waals surface area contributed by atoms with Crippen LogP contribution < -0.4 is 20.5 Å². The summed E-state index contributed by atoms with van der Waals surface area (Å²) < 4.78 is 10.6. The number of hydrogen-bond acceptors (Lipinski definition) is 7. The fourth-order valence-corrected chi connectivity index (χ4v) is 4.89. The SMILES string of the molecule is COc1ccc(-c2nc(C)c(C(=O)Nc3sc(C)c(C)c3C(N)=O)s2)cc1OC. The zero-order valence-electron chi connectivity index (χ0n) is 16.7. The standard InChI is InChI=1S/C20H21N3O4S2/c1-9-11(3)28-20(15(9)17(21)24)23-18(25)16-10(2)22-19(29-16)12-6-7-13(26-4)14(8-12)27-5/h6-8H,1-5H3,(H2,21,24)(H,23,25). The Morgan fingerprint density at radius 1 is 1.07 bits per heavy atom. The Bertz CT molecular complexity index is 1100. The molecule has 0 unspecified atom stereocenters. The van der Waals surface area contributed by atoms with Gasteiger partial charge < -0.3 is 20.5 Å². The number of nitrogens with zero attached hydrogens (tertiary/aromatic N) is 1. The lowest BCUT2D eigenvalue weighted by Crippen LogP contribution is -2.17. The summed E-state index contributed by atoms with van der Waals surface area (Å²) in [5, 5.41) is 3.96. The fourth-order valence-electron chi connectivity index (χ4n) is 2.87. The first-order valence-electron chi connectivity index (χ1n) is 8.67. The van der Waals surface area contributed by atoms with Crippen LogP contribution >= 0.6 is 22.7 Å². The monoisotopic (exact) mass is 431 g/mol. The summed E-state index contributed by atoms with van der Waals surface area (Å²) in [5.74, 6) is 0.314. The third-order valence-electron chi connectivity index (χ3n) is 4.49. The lowest BCUT2D eigenvalue weighted by atomic mass is 10.1. The number of thiophene rings is 1. The van der Waals surface area contributed by atoms with E-state index in [0.29, 0.717) is 37.6 Å². The molecule has 2 aromatic heterocycles. The zero-order valence-corrected chi connectivity index (χ0v) is 18.3. The van der Waals surface area contributed by atoms with Gasteiger partial charge in [-0.1, -0.05) is 0 Å². The molecule has 2 amide bonds. The predicted molar refractivity (Wildman–Crippen MR) is 116 cm³/mol. The van der Waals surface area contributed by atoms with E-state index in [4.69, 9.17) is 15.2 Å². The van der Waals surface area contributed by atoms with E-state index in [0.717, 1.165) is 16.0 Å². The van der Waals surface area contributed by atoms with Crippen LogP contribution in [0.25, 0.3) is 10.6 Å². The van der Waals surface area contributed by atoms with E-state index >= 15 is 0 Å². The van der Waals surface area contributed by atoms with Crippen molar-refractivity contribution in [3.63, 3.8) is 0 Å². The smallest absolute Gasteiger partial charge is 0.268 e. The molecule has 9 heteroatoms. The van der Waals surface area contributed by atoms with Gasteiger partial charge in [0.05, 0.1) is 25.5 Å². The average Bonchev–Trinajstić information content (AvgIpc) is 3.20. The number of aromatic nitrogens is 1. The topological polar surface area (TPSA) is 104 Å². The number of carbonyl (C=O) groups is 2. The number of carbonyl (C=O) groups excluding carboxylic acids is 2. The van der Waals surface area contributed by atoms with Gasteiger partial charge in [0, 0.05) is 10.4 Å². The number of nitrogens with one attached hydrogen (secondary N) is 1. The summed E-state index contributed by atoms with van der Waals surface area (Å²) in [6, 6.07) is 5.47. The van der Waals surface area contributed by atoms with E-state index < -0.39 is 5.91 Å². The lowest BCUT2D eigenvalue weighted by molar-refractivity contribution is 0.100. The van der Waals surface area contributed by atoms with Gasteiger partial charge in [-0.2, -0.15) is 0 Å². The highest BCUT2D eigenvalue weighted by Gasteiger charge is 2.22. The number of aryl methyl sites for hydroxylation is 2. The molecule has 0 fully saturated rings. The normalized spacial score (nSPS) is 10.7. The zero-order chi connectivity index (χ0) is 21.3. The molecule has 0 aliphatic rings. The second kappa shape index (κ2) is 8.22. The van der Waals surface area contributed by atoms with Crippen molar-refractivity contribution in [1.29, 1.82) is 0 Å². The number of primary amides is 1. The first-order chi connectivity index (χ1) is 13.8. The Morgan fingerprint density at radius 2 is 1.76 bits per heavy atom. The molecule has 29 heavy (non-hydrogen) atoms. The summed E-state index contributed by atoms with van der Waals surface area (Å²) >= 11 is 2.60. The van der Waals surface area contributed by atoms with Crippen LogP contribution in [0, 0.1) is 20.8 Å². The number of ether oxygens (including phenoxy) is 2. The first kappa shape index (κ1) is 20.8. The van der Waals surface area contributed by atoms with Crippen LogP contribution in [0.4, 0.5) is 5.00 Å². The van der Waals surface area contributed by atoms with Crippen LogP contribution in [-0.2, 0) is 0 Å². The number of amides is 2.